The largest absolute Gasteiger partial charge is 0.441 e. The molecule has 0 atom stereocenters. The van der Waals surface area contributed by atoms with Gasteiger partial charge in [-0.05, 0) is 11.8 Å². The van der Waals surface area contributed by atoms with Gasteiger partial charge in [0.15, 0.2) is 11.7 Å². The van der Waals surface area contributed by atoms with Gasteiger partial charge in [-0.1, -0.05) is 44.2 Å². The summed E-state index contributed by atoms with van der Waals surface area (Å²) in [6.45, 7) is 4.71. The number of aliphatic hydroxyl groups is 1. The molecule has 0 spiro atoms. The molecular formula is C18H24N2O3. The minimum atomic E-state index is -0.103. The summed E-state index contributed by atoms with van der Waals surface area (Å²) in [7, 11) is 0. The standard InChI is InChI=1S/C18H24N2O3/c1-18(2,10-11-21)13-20-16(22)8-9-17-19-12-15(23-17)14-6-4-3-5-7-14/h3-7,12,21H,8-11,13H2,1-2H3,(H,20,22). The molecule has 5 nitrogen and oxygen atoms in total. The van der Waals surface area contributed by atoms with Crippen LogP contribution in [0.15, 0.2) is 40.9 Å². The average Bonchev–Trinajstić information content (AvgIpc) is 3.01. The molecule has 1 heterocycles. The first-order valence-electron chi connectivity index (χ1n) is 7.88. The second-order valence-electron chi connectivity index (χ2n) is 6.40. The van der Waals surface area contributed by atoms with Crippen LogP contribution in [0.1, 0.15) is 32.6 Å². The highest BCUT2D eigenvalue weighted by atomic mass is 16.4. The van der Waals surface area contributed by atoms with Crippen molar-refractivity contribution in [2.24, 2.45) is 5.41 Å². The van der Waals surface area contributed by atoms with E-state index in [1.54, 1.807) is 6.20 Å². The van der Waals surface area contributed by atoms with Gasteiger partial charge < -0.3 is 14.8 Å². The van der Waals surface area contributed by atoms with E-state index in [0.717, 1.165) is 5.56 Å². The van der Waals surface area contributed by atoms with Crippen molar-refractivity contribution >= 4 is 5.91 Å². The highest BCUT2D eigenvalue weighted by molar-refractivity contribution is 5.76. The minimum Gasteiger partial charge on any atom is -0.441 e. The molecule has 2 rings (SSSR count). The van der Waals surface area contributed by atoms with Crippen molar-refractivity contribution in [2.75, 3.05) is 13.2 Å². The number of hydrogen-bond acceptors (Lipinski definition) is 4. The molecule has 2 aromatic rings. The van der Waals surface area contributed by atoms with E-state index in [1.807, 2.05) is 44.2 Å². The molecule has 2 N–H and O–H groups in total. The number of amides is 1. The van der Waals surface area contributed by atoms with Crippen LogP contribution in [0.5, 0.6) is 0 Å². The Morgan fingerprint density at radius 1 is 1.30 bits per heavy atom. The number of aryl methyl sites for hydroxylation is 1. The van der Waals surface area contributed by atoms with Crippen molar-refractivity contribution in [3.05, 3.63) is 42.4 Å². The SMILES string of the molecule is CC(C)(CCO)CNC(=O)CCc1ncc(-c2ccccc2)o1. The molecule has 0 saturated heterocycles. The molecule has 0 aliphatic carbocycles. The van der Waals surface area contributed by atoms with Gasteiger partial charge >= 0.3 is 0 Å². The Morgan fingerprint density at radius 3 is 2.74 bits per heavy atom. The first-order chi connectivity index (χ1) is 11.0. The lowest BCUT2D eigenvalue weighted by Gasteiger charge is -2.23. The Kier molecular flexibility index (Phi) is 5.93. The Balaban J connectivity index is 1.80. The molecule has 0 radical (unpaired) electrons. The van der Waals surface area contributed by atoms with Gasteiger partial charge in [0.1, 0.15) is 0 Å². The number of aromatic nitrogens is 1. The van der Waals surface area contributed by atoms with Gasteiger partial charge in [-0.25, -0.2) is 4.98 Å². The Morgan fingerprint density at radius 2 is 2.04 bits per heavy atom. The molecular weight excluding hydrogens is 292 g/mol. The zero-order valence-electron chi connectivity index (χ0n) is 13.7. The lowest BCUT2D eigenvalue weighted by molar-refractivity contribution is -0.121. The lowest BCUT2D eigenvalue weighted by atomic mass is 9.90. The summed E-state index contributed by atoms with van der Waals surface area (Å²) in [5, 5.41) is 11.9. The van der Waals surface area contributed by atoms with E-state index < -0.39 is 0 Å². The van der Waals surface area contributed by atoms with E-state index in [-0.39, 0.29) is 17.9 Å². The van der Waals surface area contributed by atoms with Crippen LogP contribution < -0.4 is 5.32 Å². The highest BCUT2D eigenvalue weighted by Gasteiger charge is 2.18. The zero-order chi connectivity index (χ0) is 16.7. The van der Waals surface area contributed by atoms with Crippen LogP contribution in [-0.4, -0.2) is 29.1 Å². The zero-order valence-corrected chi connectivity index (χ0v) is 13.7. The first kappa shape index (κ1) is 17.2. The molecule has 0 unspecified atom stereocenters. The number of nitrogens with one attached hydrogen (secondary N) is 1. The molecule has 23 heavy (non-hydrogen) atoms. The van der Waals surface area contributed by atoms with E-state index >= 15 is 0 Å². The predicted octanol–water partition coefficient (Wildman–Crippen LogP) is 2.80. The van der Waals surface area contributed by atoms with E-state index in [4.69, 9.17) is 9.52 Å². The normalized spacial score (nSPS) is 11.4. The molecule has 0 aliphatic rings. The summed E-state index contributed by atoms with van der Waals surface area (Å²) in [4.78, 5) is 16.1. The van der Waals surface area contributed by atoms with Gasteiger partial charge in [0.05, 0.1) is 6.20 Å². The van der Waals surface area contributed by atoms with Gasteiger partial charge in [0.25, 0.3) is 0 Å². The van der Waals surface area contributed by atoms with E-state index in [2.05, 4.69) is 10.3 Å². The summed E-state index contributed by atoms with van der Waals surface area (Å²) in [5.74, 6) is 1.24. The van der Waals surface area contributed by atoms with Gasteiger partial charge in [-0.15, -0.1) is 0 Å². The number of benzene rings is 1. The smallest absolute Gasteiger partial charge is 0.220 e. The third-order valence-electron chi connectivity index (χ3n) is 3.73. The van der Waals surface area contributed by atoms with Crippen LogP contribution in [0.3, 0.4) is 0 Å². The van der Waals surface area contributed by atoms with Gasteiger partial charge in [0.2, 0.25) is 5.91 Å². The van der Waals surface area contributed by atoms with Crippen molar-refractivity contribution in [3.8, 4) is 11.3 Å². The third kappa shape index (κ3) is 5.53. The van der Waals surface area contributed by atoms with Crippen LogP contribution in [0.4, 0.5) is 0 Å². The minimum absolute atomic E-state index is 0.0320. The molecule has 124 valence electrons. The van der Waals surface area contributed by atoms with Crippen molar-refractivity contribution in [1.82, 2.24) is 10.3 Å². The molecule has 1 amide bonds. The number of carbonyl (C=O) groups excluding carboxylic acids is 1. The molecule has 1 aromatic carbocycles. The highest BCUT2D eigenvalue weighted by Crippen LogP contribution is 2.20. The molecule has 5 heteroatoms. The van der Waals surface area contributed by atoms with Crippen LogP contribution in [0.25, 0.3) is 11.3 Å². The fraction of sp³-hybridized carbons (Fsp3) is 0.444. The van der Waals surface area contributed by atoms with Crippen molar-refractivity contribution in [2.45, 2.75) is 33.1 Å². The quantitative estimate of drug-likeness (QED) is 0.785. The number of rotatable bonds is 8. The summed E-state index contributed by atoms with van der Waals surface area (Å²) < 4.78 is 5.68. The monoisotopic (exact) mass is 316 g/mol. The lowest BCUT2D eigenvalue weighted by Crippen LogP contribution is -2.34. The third-order valence-corrected chi connectivity index (χ3v) is 3.73. The maximum Gasteiger partial charge on any atom is 0.220 e. The van der Waals surface area contributed by atoms with Gasteiger partial charge in [0, 0.05) is 31.6 Å². The summed E-state index contributed by atoms with van der Waals surface area (Å²) >= 11 is 0. The van der Waals surface area contributed by atoms with Crippen molar-refractivity contribution < 1.29 is 14.3 Å². The fourth-order valence-electron chi connectivity index (χ4n) is 2.20. The molecule has 0 bridgehead atoms. The van der Waals surface area contributed by atoms with E-state index in [1.165, 1.54) is 0 Å². The second-order valence-corrected chi connectivity index (χ2v) is 6.40. The number of hydrogen-bond donors (Lipinski definition) is 2. The average molecular weight is 316 g/mol. The van der Waals surface area contributed by atoms with E-state index in [0.29, 0.717) is 37.5 Å². The Hall–Kier alpha value is -2.14. The summed E-state index contributed by atoms with van der Waals surface area (Å²) in [5.41, 5.74) is 0.870. The number of aliphatic hydroxyl groups excluding tert-OH is 1. The van der Waals surface area contributed by atoms with Gasteiger partial charge in [-0.2, -0.15) is 0 Å². The molecule has 0 fully saturated rings. The topological polar surface area (TPSA) is 75.4 Å². The van der Waals surface area contributed by atoms with E-state index in [9.17, 15) is 4.79 Å². The summed E-state index contributed by atoms with van der Waals surface area (Å²) in [6.07, 6.45) is 3.16. The van der Waals surface area contributed by atoms with Crippen LogP contribution in [0, 0.1) is 5.41 Å². The number of nitrogens with zero attached hydrogens (tertiary/aromatic N) is 1. The van der Waals surface area contributed by atoms with Crippen LogP contribution in [0.2, 0.25) is 0 Å². The Bertz CT molecular complexity index is 620. The Labute approximate surface area is 136 Å². The molecule has 0 aliphatic heterocycles. The van der Waals surface area contributed by atoms with Crippen molar-refractivity contribution in [1.29, 1.82) is 0 Å². The number of carbonyl (C=O) groups is 1. The number of oxazole rings is 1. The fourth-order valence-corrected chi connectivity index (χ4v) is 2.20. The molecule has 1 aromatic heterocycles. The predicted molar refractivity (Wildman–Crippen MR) is 88.8 cm³/mol. The van der Waals surface area contributed by atoms with Crippen molar-refractivity contribution in [3.63, 3.8) is 0 Å². The van der Waals surface area contributed by atoms with Gasteiger partial charge in [-0.3, -0.25) is 4.79 Å². The molecule has 0 saturated carbocycles. The van der Waals surface area contributed by atoms with Crippen LogP contribution >= 0.6 is 0 Å². The van der Waals surface area contributed by atoms with Crippen LogP contribution in [-0.2, 0) is 11.2 Å². The summed E-state index contributed by atoms with van der Waals surface area (Å²) in [6, 6.07) is 9.75. The maximum absolute atomic E-state index is 11.9. The first-order valence-corrected chi connectivity index (χ1v) is 7.88. The second kappa shape index (κ2) is 7.92. The maximum atomic E-state index is 11.9.